The van der Waals surface area contributed by atoms with Gasteiger partial charge in [-0.1, -0.05) is 121 Å². The Balaban J connectivity index is 1.74. The summed E-state index contributed by atoms with van der Waals surface area (Å²) in [6.45, 7) is 0.649. The Labute approximate surface area is 188 Å². The van der Waals surface area contributed by atoms with E-state index >= 15 is 0 Å². The fourth-order valence-electron chi connectivity index (χ4n) is 4.58. The highest BCUT2D eigenvalue weighted by atomic mass is 16.1. The number of carbonyl (C=O) groups is 1. The number of aliphatic imine (C=N–C) groups is 1. The van der Waals surface area contributed by atoms with E-state index in [-0.39, 0.29) is 6.04 Å². The molecule has 0 spiro atoms. The predicted octanol–water partition coefficient (Wildman–Crippen LogP) is 5.78. The molecule has 0 fully saturated rings. The second-order valence-electron chi connectivity index (χ2n) is 8.04. The number of nitrogens with zero attached hydrogens (tertiary/aromatic N) is 2. The van der Waals surface area contributed by atoms with Gasteiger partial charge in [-0.05, 0) is 16.7 Å². The summed E-state index contributed by atoms with van der Waals surface area (Å²) in [6.07, 6.45) is 1.02. The number of rotatable bonds is 6. The molecule has 0 amide bonds. The van der Waals surface area contributed by atoms with Crippen molar-refractivity contribution < 1.29 is 4.79 Å². The largest absolute Gasteiger partial charge is 0.342 e. The van der Waals surface area contributed by atoms with E-state index in [0.29, 0.717) is 6.54 Å². The van der Waals surface area contributed by atoms with Crippen LogP contribution in [0.25, 0.3) is 0 Å². The van der Waals surface area contributed by atoms with Gasteiger partial charge in [0.15, 0.2) is 11.8 Å². The number of hydrogen-bond donors (Lipinski definition) is 0. The standard InChI is InChI=1S/C29H24N2O/c32-22-29(26-19-11-4-12-20-26)27(24-15-7-2-8-16-24)31(21-23-13-5-1-6-14-23)28(30-29)25-17-9-3-10-18-25/h1-20,22,27H,21H2/t27-,29-/m1/s1. The lowest BCUT2D eigenvalue weighted by Gasteiger charge is -2.35. The SMILES string of the molecule is O=C[C@]1(c2ccccc2)N=C(c2ccccc2)N(Cc2ccccc2)[C@@H]1c1ccccc1. The lowest BCUT2D eigenvalue weighted by Crippen LogP contribution is -2.39. The predicted molar refractivity (Wildman–Crippen MR) is 128 cm³/mol. The van der Waals surface area contributed by atoms with Crippen molar-refractivity contribution in [3.8, 4) is 0 Å². The van der Waals surface area contributed by atoms with Crippen LogP contribution < -0.4 is 0 Å². The van der Waals surface area contributed by atoms with E-state index in [9.17, 15) is 4.79 Å². The molecule has 32 heavy (non-hydrogen) atoms. The zero-order chi connectivity index (χ0) is 21.8. The fourth-order valence-corrected chi connectivity index (χ4v) is 4.58. The van der Waals surface area contributed by atoms with Crippen LogP contribution in [-0.2, 0) is 16.9 Å². The van der Waals surface area contributed by atoms with E-state index in [0.717, 1.165) is 28.8 Å². The molecule has 2 atom stereocenters. The van der Waals surface area contributed by atoms with Gasteiger partial charge in [0.25, 0.3) is 0 Å². The van der Waals surface area contributed by atoms with Crippen LogP contribution in [0.4, 0.5) is 0 Å². The Kier molecular flexibility index (Phi) is 5.39. The minimum Gasteiger partial charge on any atom is -0.342 e. The van der Waals surface area contributed by atoms with Gasteiger partial charge >= 0.3 is 0 Å². The Hall–Kier alpha value is -3.98. The molecule has 1 aliphatic rings. The smallest absolute Gasteiger partial charge is 0.167 e. The first-order chi connectivity index (χ1) is 15.8. The Morgan fingerprint density at radius 3 is 1.84 bits per heavy atom. The second-order valence-corrected chi connectivity index (χ2v) is 8.04. The van der Waals surface area contributed by atoms with E-state index in [1.807, 2.05) is 84.9 Å². The third-order valence-corrected chi connectivity index (χ3v) is 6.05. The maximum atomic E-state index is 13.0. The van der Waals surface area contributed by atoms with E-state index in [4.69, 9.17) is 4.99 Å². The maximum Gasteiger partial charge on any atom is 0.167 e. The molecule has 3 nitrogen and oxygen atoms in total. The third kappa shape index (κ3) is 3.52. The minimum absolute atomic E-state index is 0.265. The molecule has 0 aliphatic carbocycles. The Bertz CT molecular complexity index is 1210. The summed E-state index contributed by atoms with van der Waals surface area (Å²) in [5.41, 5.74) is 3.10. The van der Waals surface area contributed by atoms with E-state index in [1.165, 1.54) is 5.56 Å². The normalized spacial score (nSPS) is 20.1. The highest BCUT2D eigenvalue weighted by Gasteiger charge is 2.51. The summed E-state index contributed by atoms with van der Waals surface area (Å²) in [6, 6.07) is 40.4. The van der Waals surface area contributed by atoms with Crippen molar-refractivity contribution in [2.45, 2.75) is 18.1 Å². The first-order valence-electron chi connectivity index (χ1n) is 10.8. The second kappa shape index (κ2) is 8.64. The van der Waals surface area contributed by atoms with Gasteiger partial charge in [-0.2, -0.15) is 0 Å². The average Bonchev–Trinajstić information content (AvgIpc) is 3.21. The molecule has 0 radical (unpaired) electrons. The topological polar surface area (TPSA) is 32.7 Å². The van der Waals surface area contributed by atoms with Crippen LogP contribution in [0.5, 0.6) is 0 Å². The molecule has 0 unspecified atom stereocenters. The summed E-state index contributed by atoms with van der Waals surface area (Å²) in [7, 11) is 0. The number of hydrogen-bond acceptors (Lipinski definition) is 3. The molecule has 4 aromatic rings. The summed E-state index contributed by atoms with van der Waals surface area (Å²) < 4.78 is 0. The van der Waals surface area contributed by atoms with Gasteiger partial charge in [0.2, 0.25) is 0 Å². The molecule has 0 saturated heterocycles. The monoisotopic (exact) mass is 416 g/mol. The molecule has 0 aromatic heterocycles. The van der Waals surface area contributed by atoms with Gasteiger partial charge in [0.1, 0.15) is 5.84 Å². The number of carbonyl (C=O) groups excluding carboxylic acids is 1. The van der Waals surface area contributed by atoms with Gasteiger partial charge in [-0.25, -0.2) is 4.99 Å². The highest BCUT2D eigenvalue weighted by Crippen LogP contribution is 2.47. The van der Waals surface area contributed by atoms with Crippen LogP contribution in [-0.4, -0.2) is 17.0 Å². The zero-order valence-corrected chi connectivity index (χ0v) is 17.7. The Morgan fingerprint density at radius 1 is 0.719 bits per heavy atom. The van der Waals surface area contributed by atoms with Crippen LogP contribution in [0.2, 0.25) is 0 Å². The van der Waals surface area contributed by atoms with E-state index < -0.39 is 5.54 Å². The van der Waals surface area contributed by atoms with E-state index in [1.54, 1.807) is 0 Å². The first-order valence-corrected chi connectivity index (χ1v) is 10.8. The lowest BCUT2D eigenvalue weighted by atomic mass is 9.81. The summed E-state index contributed by atoms with van der Waals surface area (Å²) >= 11 is 0. The van der Waals surface area contributed by atoms with Crippen molar-refractivity contribution in [1.82, 2.24) is 4.90 Å². The number of benzene rings is 4. The van der Waals surface area contributed by atoms with Crippen molar-refractivity contribution in [2.75, 3.05) is 0 Å². The first kappa shape index (κ1) is 20.0. The summed E-state index contributed by atoms with van der Waals surface area (Å²) in [5, 5.41) is 0. The molecule has 1 aliphatic heterocycles. The minimum atomic E-state index is -1.04. The van der Waals surface area contributed by atoms with Crippen LogP contribution in [0.15, 0.2) is 126 Å². The molecule has 5 rings (SSSR count). The third-order valence-electron chi connectivity index (χ3n) is 6.05. The molecule has 3 heteroatoms. The van der Waals surface area contributed by atoms with Crippen LogP contribution in [0.3, 0.4) is 0 Å². The molecule has 0 N–H and O–H groups in total. The molecular formula is C29H24N2O. The summed E-state index contributed by atoms with van der Waals surface area (Å²) in [5.74, 6) is 0.833. The molecule has 0 saturated carbocycles. The Morgan fingerprint density at radius 2 is 1.25 bits per heavy atom. The number of aldehydes is 1. The van der Waals surface area contributed by atoms with Gasteiger partial charge in [0, 0.05) is 12.1 Å². The van der Waals surface area contributed by atoms with Crippen molar-refractivity contribution in [2.24, 2.45) is 4.99 Å². The molecule has 4 aromatic carbocycles. The zero-order valence-electron chi connectivity index (χ0n) is 17.7. The van der Waals surface area contributed by atoms with Crippen molar-refractivity contribution in [3.05, 3.63) is 144 Å². The number of amidine groups is 1. The molecular weight excluding hydrogens is 392 g/mol. The van der Waals surface area contributed by atoms with Crippen LogP contribution in [0, 0.1) is 0 Å². The van der Waals surface area contributed by atoms with Crippen molar-refractivity contribution in [1.29, 1.82) is 0 Å². The highest BCUT2D eigenvalue weighted by molar-refractivity contribution is 6.03. The average molecular weight is 417 g/mol. The maximum absolute atomic E-state index is 13.0. The van der Waals surface area contributed by atoms with Gasteiger partial charge < -0.3 is 9.69 Å². The van der Waals surface area contributed by atoms with Crippen molar-refractivity contribution >= 4 is 12.1 Å². The van der Waals surface area contributed by atoms with Gasteiger partial charge in [-0.3, -0.25) is 0 Å². The molecule has 156 valence electrons. The van der Waals surface area contributed by atoms with Crippen molar-refractivity contribution in [3.63, 3.8) is 0 Å². The van der Waals surface area contributed by atoms with E-state index in [2.05, 4.69) is 41.3 Å². The lowest BCUT2D eigenvalue weighted by molar-refractivity contribution is -0.113. The quantitative estimate of drug-likeness (QED) is 0.373. The van der Waals surface area contributed by atoms with Crippen LogP contribution in [0.1, 0.15) is 28.3 Å². The molecule has 0 bridgehead atoms. The summed E-state index contributed by atoms with van der Waals surface area (Å²) in [4.78, 5) is 20.4. The van der Waals surface area contributed by atoms with Gasteiger partial charge in [-0.15, -0.1) is 0 Å². The van der Waals surface area contributed by atoms with Crippen LogP contribution >= 0.6 is 0 Å². The molecule has 1 heterocycles. The van der Waals surface area contributed by atoms with Gasteiger partial charge in [0.05, 0.1) is 6.04 Å². The fraction of sp³-hybridized carbons (Fsp3) is 0.103.